The van der Waals surface area contributed by atoms with E-state index in [-0.39, 0.29) is 24.0 Å². The number of hydrogen-bond donors (Lipinski definition) is 0. The molecule has 13 heavy (non-hydrogen) atoms. The zero-order chi connectivity index (χ0) is 8.44. The van der Waals surface area contributed by atoms with Crippen molar-refractivity contribution in [2.45, 2.75) is 25.3 Å². The van der Waals surface area contributed by atoms with E-state index in [1.165, 1.54) is 48.3 Å². The lowest BCUT2D eigenvalue weighted by Crippen LogP contribution is -3.00. The molecule has 2 rings (SSSR count). The number of hydrogen-bond acceptors (Lipinski definition) is 2. The summed E-state index contributed by atoms with van der Waals surface area (Å²) in [5.41, 5.74) is 0. The maximum Gasteiger partial charge on any atom is 0.109 e. The molecule has 4 heteroatoms. The molecule has 0 unspecified atom stereocenters. The summed E-state index contributed by atoms with van der Waals surface area (Å²) in [6.45, 7) is 2.87. The first-order valence-corrected chi connectivity index (χ1v) is 7.39. The van der Waals surface area contributed by atoms with Gasteiger partial charge in [-0.05, 0) is 19.3 Å². The van der Waals surface area contributed by atoms with Crippen molar-refractivity contribution in [3.05, 3.63) is 0 Å². The van der Waals surface area contributed by atoms with E-state index in [0.717, 1.165) is 6.04 Å². The lowest BCUT2D eigenvalue weighted by atomic mass is 10.1. The van der Waals surface area contributed by atoms with Crippen LogP contribution in [0.3, 0.4) is 0 Å². The second kappa shape index (κ2) is 5.47. The molecular weight excluding hydrogens is 313 g/mol. The van der Waals surface area contributed by atoms with Crippen LogP contribution < -0.4 is 24.0 Å². The first-order chi connectivity index (χ1) is 5.81. The molecule has 0 aromatic heterocycles. The summed E-state index contributed by atoms with van der Waals surface area (Å²) >= 11 is 0. The van der Waals surface area contributed by atoms with E-state index in [4.69, 9.17) is 0 Å². The Morgan fingerprint density at radius 2 is 1.54 bits per heavy atom. The van der Waals surface area contributed by atoms with Gasteiger partial charge in [0.2, 0.25) is 0 Å². The maximum atomic E-state index is 2.47. The van der Waals surface area contributed by atoms with Gasteiger partial charge in [-0.1, -0.05) is 21.6 Å². The summed E-state index contributed by atoms with van der Waals surface area (Å²) < 4.78 is 1.38. The predicted octanol–water partition coefficient (Wildman–Crippen LogP) is -0.615. The van der Waals surface area contributed by atoms with Crippen molar-refractivity contribution in [3.8, 4) is 0 Å². The lowest BCUT2D eigenvalue weighted by molar-refractivity contribution is -0.932. The third-order valence-electron chi connectivity index (χ3n) is 3.32. The Bertz CT molecular complexity index is 154. The second-order valence-corrected chi connectivity index (χ2v) is 6.76. The van der Waals surface area contributed by atoms with Crippen LogP contribution in [0.25, 0.3) is 0 Å². The van der Waals surface area contributed by atoms with E-state index >= 15 is 0 Å². The first kappa shape index (κ1) is 12.5. The minimum Gasteiger partial charge on any atom is -1.00 e. The van der Waals surface area contributed by atoms with Crippen LogP contribution in [-0.2, 0) is 0 Å². The Balaban J connectivity index is 0.000000845. The summed E-state index contributed by atoms with van der Waals surface area (Å²) in [7, 11) is 6.62. The smallest absolute Gasteiger partial charge is 0.109 e. The van der Waals surface area contributed by atoms with Crippen molar-refractivity contribution in [2.75, 3.05) is 31.6 Å². The number of rotatable bonds is 1. The highest BCUT2D eigenvalue weighted by atomic mass is 127. The summed E-state index contributed by atoms with van der Waals surface area (Å²) in [5.74, 6) is 2.78. The van der Waals surface area contributed by atoms with Crippen LogP contribution in [0.5, 0.6) is 0 Å². The molecular formula is C9H18INS2. The molecule has 0 bridgehead atoms. The highest BCUT2D eigenvalue weighted by molar-refractivity contribution is 8.77. The number of piperidine rings is 1. The Hall–Kier alpha value is 1.39. The van der Waals surface area contributed by atoms with Gasteiger partial charge in [-0.15, -0.1) is 0 Å². The minimum atomic E-state index is 0. The number of likely N-dealkylation sites (tertiary alicyclic amines) is 1. The van der Waals surface area contributed by atoms with Gasteiger partial charge in [-0.3, -0.25) is 0 Å². The third kappa shape index (κ3) is 2.92. The van der Waals surface area contributed by atoms with E-state index in [0.29, 0.717) is 0 Å². The monoisotopic (exact) mass is 331 g/mol. The van der Waals surface area contributed by atoms with Crippen molar-refractivity contribution in [1.82, 2.24) is 0 Å². The van der Waals surface area contributed by atoms with Gasteiger partial charge < -0.3 is 28.5 Å². The SMILES string of the molecule is C[N+]1(C2CSSC2)CCCCC1.[I-]. The Labute approximate surface area is 106 Å². The first-order valence-electron chi connectivity index (χ1n) is 4.90. The molecule has 2 saturated heterocycles. The highest BCUT2D eigenvalue weighted by Gasteiger charge is 2.36. The largest absolute Gasteiger partial charge is 1.00 e. The summed E-state index contributed by atoms with van der Waals surface area (Å²) in [6.07, 6.45) is 4.39. The summed E-state index contributed by atoms with van der Waals surface area (Å²) in [4.78, 5) is 0. The van der Waals surface area contributed by atoms with Crippen molar-refractivity contribution in [3.63, 3.8) is 0 Å². The standard InChI is InChI=1S/C9H18NS2.HI/c1-10(5-3-2-4-6-10)9-7-11-12-8-9;/h9H,2-8H2,1H3;1H/q+1;/p-1. The van der Waals surface area contributed by atoms with Gasteiger partial charge in [0.05, 0.1) is 31.6 Å². The minimum absolute atomic E-state index is 0. The molecule has 1 nitrogen and oxygen atoms in total. The molecule has 0 aromatic carbocycles. The van der Waals surface area contributed by atoms with Gasteiger partial charge in [0.1, 0.15) is 6.04 Å². The van der Waals surface area contributed by atoms with Gasteiger partial charge in [-0.2, -0.15) is 0 Å². The molecule has 0 N–H and O–H groups in total. The molecule has 78 valence electrons. The molecule has 0 aromatic rings. The van der Waals surface area contributed by atoms with Crippen molar-refractivity contribution in [2.24, 2.45) is 0 Å². The second-order valence-electron chi connectivity index (χ2n) is 4.21. The van der Waals surface area contributed by atoms with Gasteiger partial charge in [0.25, 0.3) is 0 Å². The molecule has 0 spiro atoms. The number of quaternary nitrogens is 1. The molecule has 0 saturated carbocycles. The van der Waals surface area contributed by atoms with Gasteiger partial charge in [0.15, 0.2) is 0 Å². The Morgan fingerprint density at radius 1 is 1.00 bits per heavy atom. The molecule has 2 aliphatic heterocycles. The third-order valence-corrected chi connectivity index (χ3v) is 5.85. The van der Waals surface area contributed by atoms with E-state index in [2.05, 4.69) is 28.6 Å². The van der Waals surface area contributed by atoms with E-state index in [1.807, 2.05) is 0 Å². The Morgan fingerprint density at radius 3 is 2.08 bits per heavy atom. The molecule has 2 fully saturated rings. The lowest BCUT2D eigenvalue weighted by Gasteiger charge is -2.42. The van der Waals surface area contributed by atoms with Gasteiger partial charge in [0, 0.05) is 0 Å². The van der Waals surface area contributed by atoms with Crippen LogP contribution in [-0.4, -0.2) is 42.2 Å². The van der Waals surface area contributed by atoms with Crippen molar-refractivity contribution < 1.29 is 28.5 Å². The normalized spacial score (nSPS) is 28.4. The summed E-state index contributed by atoms with van der Waals surface area (Å²) in [5, 5.41) is 0. The average Bonchev–Trinajstić information content (AvgIpc) is 2.58. The quantitative estimate of drug-likeness (QED) is 0.357. The molecule has 2 heterocycles. The van der Waals surface area contributed by atoms with Crippen LogP contribution in [0, 0.1) is 0 Å². The number of nitrogens with zero attached hydrogens (tertiary/aromatic N) is 1. The van der Waals surface area contributed by atoms with Crippen LogP contribution >= 0.6 is 21.6 Å². The fourth-order valence-electron chi connectivity index (χ4n) is 2.26. The fourth-order valence-corrected chi connectivity index (χ4v) is 5.39. The summed E-state index contributed by atoms with van der Waals surface area (Å²) in [6, 6.07) is 0.959. The van der Waals surface area contributed by atoms with E-state index in [1.54, 1.807) is 0 Å². The van der Waals surface area contributed by atoms with Gasteiger partial charge >= 0.3 is 0 Å². The maximum absolute atomic E-state index is 2.47. The number of halogens is 1. The highest BCUT2D eigenvalue weighted by Crippen LogP contribution is 2.37. The van der Waals surface area contributed by atoms with Crippen LogP contribution in [0.2, 0.25) is 0 Å². The molecule has 2 aliphatic rings. The zero-order valence-corrected chi connectivity index (χ0v) is 12.0. The van der Waals surface area contributed by atoms with Crippen LogP contribution in [0.1, 0.15) is 19.3 Å². The van der Waals surface area contributed by atoms with E-state index < -0.39 is 0 Å². The average molecular weight is 331 g/mol. The molecule has 0 aliphatic carbocycles. The predicted molar refractivity (Wildman–Crippen MR) is 58.5 cm³/mol. The van der Waals surface area contributed by atoms with Gasteiger partial charge in [-0.25, -0.2) is 0 Å². The molecule has 0 atom stereocenters. The fraction of sp³-hybridized carbons (Fsp3) is 1.00. The molecule has 0 amide bonds. The van der Waals surface area contributed by atoms with Crippen molar-refractivity contribution >= 4 is 21.6 Å². The Kier molecular flexibility index (Phi) is 5.24. The van der Waals surface area contributed by atoms with E-state index in [9.17, 15) is 0 Å². The molecule has 0 radical (unpaired) electrons. The topological polar surface area (TPSA) is 0 Å². The zero-order valence-electron chi connectivity index (χ0n) is 8.17. The van der Waals surface area contributed by atoms with Crippen molar-refractivity contribution in [1.29, 1.82) is 0 Å². The van der Waals surface area contributed by atoms with Crippen LogP contribution in [0.15, 0.2) is 0 Å². The van der Waals surface area contributed by atoms with Crippen LogP contribution in [0.4, 0.5) is 0 Å².